The third kappa shape index (κ3) is 3.14. The molecule has 1 aliphatic heterocycles. The van der Waals surface area contributed by atoms with Crippen molar-refractivity contribution in [3.8, 4) is 5.88 Å². The lowest BCUT2D eigenvalue weighted by Gasteiger charge is -2.16. The number of rotatable bonds is 5. The van der Waals surface area contributed by atoms with E-state index in [9.17, 15) is 15.3 Å². The first-order chi connectivity index (χ1) is 12.0. The lowest BCUT2D eigenvalue weighted by Crippen LogP contribution is -2.33. The van der Waals surface area contributed by atoms with Crippen molar-refractivity contribution in [2.75, 3.05) is 27.8 Å². The van der Waals surface area contributed by atoms with E-state index in [0.29, 0.717) is 11.2 Å². The van der Waals surface area contributed by atoms with Crippen LogP contribution in [0.3, 0.4) is 0 Å². The van der Waals surface area contributed by atoms with Crippen LogP contribution in [0.5, 0.6) is 5.88 Å². The first kappa shape index (κ1) is 17.5. The highest BCUT2D eigenvalue weighted by atomic mass is 16.6. The van der Waals surface area contributed by atoms with Gasteiger partial charge < -0.3 is 29.7 Å². The van der Waals surface area contributed by atoms with Gasteiger partial charge >= 0.3 is 0 Å². The summed E-state index contributed by atoms with van der Waals surface area (Å²) in [7, 11) is 5.07. The van der Waals surface area contributed by atoms with E-state index < -0.39 is 31.1 Å². The number of aromatic nitrogens is 4. The zero-order chi connectivity index (χ0) is 18.1. The Morgan fingerprint density at radius 1 is 1.36 bits per heavy atom. The molecular formula is C14H20N6O5. The third-order valence-corrected chi connectivity index (χ3v) is 3.77. The standard InChI is InChI=1S/C14H20N6O5/c1-19(2)5-16-14-17-11-8(12(18-14)24-3)15-6-20(11)13-10(23)9(22)7(4-21)25-13/h5-7,9-10,13,21-23H,4H2,1-3H3/b16-5+/t7-,9+,10?,13-/m1/s1. The number of ether oxygens (including phenoxy) is 2. The molecule has 3 rings (SSSR count). The van der Waals surface area contributed by atoms with Crippen LogP contribution in [-0.4, -0.2) is 92.2 Å². The Bertz CT molecular complexity index is 778. The van der Waals surface area contributed by atoms with Gasteiger partial charge in [-0.2, -0.15) is 9.97 Å². The number of fused-ring (bicyclic) bond motifs is 1. The number of aliphatic hydroxyl groups is 3. The Hall–Kier alpha value is -2.34. The largest absolute Gasteiger partial charge is 0.479 e. The third-order valence-electron chi connectivity index (χ3n) is 3.77. The normalized spacial score (nSPS) is 26.6. The second-order valence-electron chi connectivity index (χ2n) is 5.79. The Kier molecular flexibility index (Phi) is 4.81. The summed E-state index contributed by atoms with van der Waals surface area (Å²) in [6.45, 7) is -0.419. The zero-order valence-electron chi connectivity index (χ0n) is 14.0. The van der Waals surface area contributed by atoms with Crippen LogP contribution in [0.2, 0.25) is 0 Å². The fourth-order valence-corrected chi connectivity index (χ4v) is 2.54. The number of nitrogens with zero attached hydrogens (tertiary/aromatic N) is 6. The Morgan fingerprint density at radius 2 is 2.12 bits per heavy atom. The molecule has 4 atom stereocenters. The van der Waals surface area contributed by atoms with Crippen molar-refractivity contribution in [2.24, 2.45) is 4.99 Å². The SMILES string of the molecule is COc1nc(/N=C/N(C)C)nc2c1ncn2[C@@H]1O[C@H](CO)[C@H](O)C1O. The quantitative estimate of drug-likeness (QED) is 0.441. The van der Waals surface area contributed by atoms with Gasteiger partial charge in [0.1, 0.15) is 18.3 Å². The van der Waals surface area contributed by atoms with Crippen LogP contribution in [0, 0.1) is 0 Å². The molecule has 3 N–H and O–H groups in total. The van der Waals surface area contributed by atoms with Gasteiger partial charge in [0.2, 0.25) is 5.88 Å². The summed E-state index contributed by atoms with van der Waals surface area (Å²) in [5.41, 5.74) is 0.691. The molecule has 0 spiro atoms. The molecule has 1 saturated heterocycles. The molecule has 0 saturated carbocycles. The first-order valence-electron chi connectivity index (χ1n) is 7.58. The summed E-state index contributed by atoms with van der Waals surface area (Å²) >= 11 is 0. The maximum Gasteiger partial charge on any atom is 0.256 e. The van der Waals surface area contributed by atoms with Crippen LogP contribution in [0.1, 0.15) is 6.23 Å². The summed E-state index contributed by atoms with van der Waals surface area (Å²) in [4.78, 5) is 18.6. The van der Waals surface area contributed by atoms with Crippen molar-refractivity contribution < 1.29 is 24.8 Å². The van der Waals surface area contributed by atoms with Crippen LogP contribution in [-0.2, 0) is 4.74 Å². The monoisotopic (exact) mass is 352 g/mol. The molecule has 136 valence electrons. The van der Waals surface area contributed by atoms with Crippen LogP contribution in [0.4, 0.5) is 5.95 Å². The molecule has 11 heteroatoms. The van der Waals surface area contributed by atoms with Crippen molar-refractivity contribution in [1.82, 2.24) is 24.4 Å². The van der Waals surface area contributed by atoms with E-state index in [1.807, 2.05) is 14.1 Å². The van der Waals surface area contributed by atoms with E-state index in [4.69, 9.17) is 9.47 Å². The predicted octanol–water partition coefficient (Wildman–Crippen LogP) is -1.33. The molecule has 0 radical (unpaired) electrons. The minimum Gasteiger partial charge on any atom is -0.479 e. The van der Waals surface area contributed by atoms with Crippen molar-refractivity contribution in [3.05, 3.63) is 6.33 Å². The number of imidazole rings is 1. The molecule has 2 aromatic heterocycles. The fourth-order valence-electron chi connectivity index (χ4n) is 2.54. The van der Waals surface area contributed by atoms with Gasteiger partial charge in [0.25, 0.3) is 5.95 Å². The van der Waals surface area contributed by atoms with Crippen molar-refractivity contribution in [1.29, 1.82) is 0 Å². The molecule has 3 heterocycles. The van der Waals surface area contributed by atoms with Crippen LogP contribution >= 0.6 is 0 Å². The molecule has 0 aromatic carbocycles. The molecular weight excluding hydrogens is 332 g/mol. The predicted molar refractivity (Wildman–Crippen MR) is 86.7 cm³/mol. The number of aliphatic imine (C=N–C) groups is 1. The lowest BCUT2D eigenvalue weighted by atomic mass is 10.1. The van der Waals surface area contributed by atoms with Crippen molar-refractivity contribution in [3.63, 3.8) is 0 Å². The van der Waals surface area contributed by atoms with Crippen LogP contribution < -0.4 is 4.74 Å². The number of methoxy groups -OCH3 is 1. The highest BCUT2D eigenvalue weighted by Crippen LogP contribution is 2.33. The average molecular weight is 352 g/mol. The topological polar surface area (TPSA) is 138 Å². The fraction of sp³-hybridized carbons (Fsp3) is 0.571. The maximum atomic E-state index is 10.2. The molecule has 2 aromatic rings. The van der Waals surface area contributed by atoms with E-state index in [1.54, 1.807) is 4.90 Å². The highest BCUT2D eigenvalue weighted by Gasteiger charge is 2.44. The summed E-state index contributed by atoms with van der Waals surface area (Å²) in [6.07, 6.45) is -1.38. The van der Waals surface area contributed by atoms with Gasteiger partial charge in [0.15, 0.2) is 17.4 Å². The zero-order valence-corrected chi connectivity index (χ0v) is 14.0. The Balaban J connectivity index is 2.06. The van der Waals surface area contributed by atoms with Crippen molar-refractivity contribution in [2.45, 2.75) is 24.5 Å². The molecule has 0 aliphatic carbocycles. The minimum absolute atomic E-state index is 0.145. The van der Waals surface area contributed by atoms with E-state index in [1.165, 1.54) is 24.3 Å². The lowest BCUT2D eigenvalue weighted by molar-refractivity contribution is -0.0511. The van der Waals surface area contributed by atoms with Gasteiger partial charge in [0, 0.05) is 14.1 Å². The van der Waals surface area contributed by atoms with E-state index in [2.05, 4.69) is 19.9 Å². The summed E-state index contributed by atoms with van der Waals surface area (Å²) < 4.78 is 12.2. The van der Waals surface area contributed by atoms with E-state index in [-0.39, 0.29) is 11.8 Å². The summed E-state index contributed by atoms with van der Waals surface area (Å²) in [5.74, 6) is 0.368. The first-order valence-corrected chi connectivity index (χ1v) is 7.58. The van der Waals surface area contributed by atoms with Crippen LogP contribution in [0.15, 0.2) is 11.3 Å². The Labute approximate surface area is 143 Å². The average Bonchev–Trinajstić information content (AvgIpc) is 3.14. The van der Waals surface area contributed by atoms with Crippen LogP contribution in [0.25, 0.3) is 11.2 Å². The van der Waals surface area contributed by atoms with Gasteiger partial charge in [-0.25, -0.2) is 9.98 Å². The molecule has 25 heavy (non-hydrogen) atoms. The molecule has 0 amide bonds. The molecule has 0 bridgehead atoms. The second-order valence-corrected chi connectivity index (χ2v) is 5.79. The summed E-state index contributed by atoms with van der Waals surface area (Å²) in [5, 5.41) is 29.4. The second kappa shape index (κ2) is 6.88. The van der Waals surface area contributed by atoms with Gasteiger partial charge in [-0.1, -0.05) is 0 Å². The van der Waals surface area contributed by atoms with Gasteiger partial charge in [-0.3, -0.25) is 4.57 Å². The van der Waals surface area contributed by atoms with Gasteiger partial charge in [-0.05, 0) is 0 Å². The number of hydrogen-bond donors (Lipinski definition) is 3. The molecule has 1 fully saturated rings. The minimum atomic E-state index is -1.25. The van der Waals surface area contributed by atoms with E-state index >= 15 is 0 Å². The Morgan fingerprint density at radius 3 is 2.72 bits per heavy atom. The smallest absolute Gasteiger partial charge is 0.256 e. The molecule has 11 nitrogen and oxygen atoms in total. The highest BCUT2D eigenvalue weighted by molar-refractivity contribution is 5.78. The number of aliphatic hydroxyl groups excluding tert-OH is 3. The van der Waals surface area contributed by atoms with Gasteiger partial charge in [-0.15, -0.1) is 0 Å². The summed E-state index contributed by atoms with van der Waals surface area (Å²) in [6, 6.07) is 0. The maximum absolute atomic E-state index is 10.2. The van der Waals surface area contributed by atoms with Crippen molar-refractivity contribution >= 4 is 23.5 Å². The number of hydrogen-bond acceptors (Lipinski definition) is 9. The van der Waals surface area contributed by atoms with E-state index in [0.717, 1.165) is 0 Å². The molecule has 1 aliphatic rings. The molecule has 1 unspecified atom stereocenters. The van der Waals surface area contributed by atoms with Gasteiger partial charge in [0.05, 0.1) is 26.4 Å².